The topological polar surface area (TPSA) is 77.8 Å². The molecule has 0 unspecified atom stereocenters. The molecule has 0 saturated carbocycles. The minimum Gasteiger partial charge on any atom is -0.337 e. The van der Waals surface area contributed by atoms with Gasteiger partial charge in [-0.2, -0.15) is 4.98 Å². The number of rotatable bonds is 4. The van der Waals surface area contributed by atoms with Crippen LogP contribution in [0.5, 0.6) is 0 Å². The lowest BCUT2D eigenvalue weighted by molar-refractivity contribution is 0.348. The predicted octanol–water partition coefficient (Wildman–Crippen LogP) is 1.99. The van der Waals surface area contributed by atoms with Crippen LogP contribution in [-0.2, 0) is 0 Å². The molecule has 15 heavy (non-hydrogen) atoms. The summed E-state index contributed by atoms with van der Waals surface area (Å²) in [7, 11) is 0. The first-order valence-electron chi connectivity index (χ1n) is 4.79. The quantitative estimate of drug-likeness (QED) is 0.859. The Morgan fingerprint density at radius 1 is 1.60 bits per heavy atom. The van der Waals surface area contributed by atoms with E-state index in [-0.39, 0.29) is 6.04 Å². The van der Waals surface area contributed by atoms with E-state index < -0.39 is 0 Å². The average Bonchev–Trinajstić information content (AvgIpc) is 2.89. The first-order chi connectivity index (χ1) is 7.31. The van der Waals surface area contributed by atoms with Crippen LogP contribution >= 0.6 is 11.3 Å². The van der Waals surface area contributed by atoms with Crippen molar-refractivity contribution in [1.29, 1.82) is 0 Å². The highest BCUT2D eigenvalue weighted by atomic mass is 32.1. The van der Waals surface area contributed by atoms with Gasteiger partial charge in [0.05, 0.1) is 11.6 Å². The average molecular weight is 224 g/mol. The van der Waals surface area contributed by atoms with Crippen molar-refractivity contribution in [3.8, 4) is 11.5 Å². The molecule has 0 saturated heterocycles. The summed E-state index contributed by atoms with van der Waals surface area (Å²) < 4.78 is 5.08. The van der Waals surface area contributed by atoms with Crippen LogP contribution in [0.2, 0.25) is 0 Å². The van der Waals surface area contributed by atoms with E-state index in [4.69, 9.17) is 10.3 Å². The van der Waals surface area contributed by atoms with Gasteiger partial charge < -0.3 is 10.3 Å². The number of hydrogen-bond acceptors (Lipinski definition) is 6. The van der Waals surface area contributed by atoms with Gasteiger partial charge in [-0.1, -0.05) is 18.5 Å². The van der Waals surface area contributed by atoms with E-state index in [2.05, 4.69) is 22.0 Å². The molecule has 80 valence electrons. The monoisotopic (exact) mass is 224 g/mol. The summed E-state index contributed by atoms with van der Waals surface area (Å²) >= 11 is 1.50. The molecule has 0 radical (unpaired) electrons. The molecule has 1 atom stereocenters. The standard InChI is InChI=1S/C9H12N4OS/c1-2-3-6(10)9-12-8(13-14-9)7-4-15-5-11-7/h4-6H,2-3,10H2,1H3/t6-/m1/s1. The van der Waals surface area contributed by atoms with Crippen LogP contribution in [0, 0.1) is 0 Å². The van der Waals surface area contributed by atoms with Crippen molar-refractivity contribution in [2.75, 3.05) is 0 Å². The third kappa shape index (κ3) is 2.21. The molecular weight excluding hydrogens is 212 g/mol. The van der Waals surface area contributed by atoms with Crippen molar-refractivity contribution in [2.24, 2.45) is 5.73 Å². The first-order valence-corrected chi connectivity index (χ1v) is 5.73. The maximum Gasteiger partial charge on any atom is 0.243 e. The zero-order chi connectivity index (χ0) is 10.7. The van der Waals surface area contributed by atoms with E-state index in [1.807, 2.05) is 5.38 Å². The van der Waals surface area contributed by atoms with E-state index in [1.54, 1.807) is 5.51 Å². The van der Waals surface area contributed by atoms with E-state index in [0.29, 0.717) is 11.7 Å². The highest BCUT2D eigenvalue weighted by Crippen LogP contribution is 2.19. The molecule has 2 heterocycles. The molecular formula is C9H12N4OS. The van der Waals surface area contributed by atoms with Crippen molar-refractivity contribution < 1.29 is 4.52 Å². The summed E-state index contributed by atoms with van der Waals surface area (Å²) in [6.07, 6.45) is 1.84. The lowest BCUT2D eigenvalue weighted by Crippen LogP contribution is -2.09. The summed E-state index contributed by atoms with van der Waals surface area (Å²) in [6.45, 7) is 2.07. The molecule has 0 aliphatic carbocycles. The molecule has 0 amide bonds. The fraction of sp³-hybridized carbons (Fsp3) is 0.444. The zero-order valence-corrected chi connectivity index (χ0v) is 9.20. The highest BCUT2D eigenvalue weighted by molar-refractivity contribution is 7.07. The van der Waals surface area contributed by atoms with Crippen LogP contribution in [-0.4, -0.2) is 15.1 Å². The lowest BCUT2D eigenvalue weighted by Gasteiger charge is -2.01. The van der Waals surface area contributed by atoms with Crippen molar-refractivity contribution in [1.82, 2.24) is 15.1 Å². The van der Waals surface area contributed by atoms with Gasteiger partial charge in [-0.15, -0.1) is 11.3 Å². The Labute approximate surface area is 91.3 Å². The molecule has 2 aromatic rings. The number of thiazole rings is 1. The third-order valence-electron chi connectivity index (χ3n) is 2.02. The Morgan fingerprint density at radius 2 is 2.47 bits per heavy atom. The van der Waals surface area contributed by atoms with Crippen LogP contribution in [0.3, 0.4) is 0 Å². The Bertz CT molecular complexity index is 411. The number of aromatic nitrogens is 3. The summed E-state index contributed by atoms with van der Waals surface area (Å²) in [5, 5.41) is 5.72. The second-order valence-corrected chi connectivity index (χ2v) is 3.94. The molecule has 2 N–H and O–H groups in total. The molecule has 0 aliphatic rings. The van der Waals surface area contributed by atoms with Gasteiger partial charge in [0.2, 0.25) is 11.7 Å². The summed E-state index contributed by atoms with van der Waals surface area (Å²) in [5.41, 5.74) is 8.33. The molecule has 2 rings (SSSR count). The molecule has 0 aliphatic heterocycles. The van der Waals surface area contributed by atoms with Crippen LogP contribution in [0.25, 0.3) is 11.5 Å². The van der Waals surface area contributed by atoms with Crippen molar-refractivity contribution in [3.05, 3.63) is 16.8 Å². The smallest absolute Gasteiger partial charge is 0.243 e. The maximum atomic E-state index is 5.86. The van der Waals surface area contributed by atoms with Gasteiger partial charge >= 0.3 is 0 Å². The second-order valence-electron chi connectivity index (χ2n) is 3.23. The number of nitrogens with two attached hydrogens (primary N) is 1. The Balaban J connectivity index is 2.17. The minimum absolute atomic E-state index is 0.171. The largest absolute Gasteiger partial charge is 0.337 e. The third-order valence-corrected chi connectivity index (χ3v) is 2.61. The van der Waals surface area contributed by atoms with Gasteiger partial charge in [-0.05, 0) is 6.42 Å². The Kier molecular flexibility index (Phi) is 3.08. The van der Waals surface area contributed by atoms with Gasteiger partial charge in [0.1, 0.15) is 5.69 Å². The van der Waals surface area contributed by atoms with E-state index in [9.17, 15) is 0 Å². The van der Waals surface area contributed by atoms with Gasteiger partial charge in [0.25, 0.3) is 0 Å². The van der Waals surface area contributed by atoms with Gasteiger partial charge in [-0.25, -0.2) is 4.98 Å². The predicted molar refractivity (Wildman–Crippen MR) is 57.2 cm³/mol. The van der Waals surface area contributed by atoms with E-state index >= 15 is 0 Å². The Morgan fingerprint density at radius 3 is 3.13 bits per heavy atom. The molecule has 6 heteroatoms. The van der Waals surface area contributed by atoms with Crippen LogP contribution in [0.1, 0.15) is 31.7 Å². The van der Waals surface area contributed by atoms with E-state index in [1.165, 1.54) is 11.3 Å². The summed E-state index contributed by atoms with van der Waals surface area (Å²) in [4.78, 5) is 8.31. The SMILES string of the molecule is CCC[C@@H](N)c1nc(-c2cscn2)no1. The molecule has 5 nitrogen and oxygen atoms in total. The summed E-state index contributed by atoms with van der Waals surface area (Å²) in [6, 6.07) is -0.171. The van der Waals surface area contributed by atoms with Crippen molar-refractivity contribution in [2.45, 2.75) is 25.8 Å². The molecule has 0 bridgehead atoms. The second kappa shape index (κ2) is 4.50. The van der Waals surface area contributed by atoms with Crippen LogP contribution in [0.15, 0.2) is 15.4 Å². The molecule has 0 aromatic carbocycles. The highest BCUT2D eigenvalue weighted by Gasteiger charge is 2.15. The van der Waals surface area contributed by atoms with Gasteiger partial charge in [-0.3, -0.25) is 0 Å². The molecule has 0 spiro atoms. The fourth-order valence-electron chi connectivity index (χ4n) is 1.25. The lowest BCUT2D eigenvalue weighted by atomic mass is 10.2. The van der Waals surface area contributed by atoms with Gasteiger partial charge in [0.15, 0.2) is 0 Å². The molecule has 0 fully saturated rings. The Hall–Kier alpha value is -1.27. The normalized spacial score (nSPS) is 12.9. The minimum atomic E-state index is -0.171. The number of nitrogens with zero attached hydrogens (tertiary/aromatic N) is 3. The zero-order valence-electron chi connectivity index (χ0n) is 8.38. The van der Waals surface area contributed by atoms with Crippen LogP contribution < -0.4 is 5.73 Å². The van der Waals surface area contributed by atoms with Crippen molar-refractivity contribution >= 4 is 11.3 Å². The van der Waals surface area contributed by atoms with Crippen molar-refractivity contribution in [3.63, 3.8) is 0 Å². The summed E-state index contributed by atoms with van der Waals surface area (Å²) in [5.74, 6) is 0.998. The van der Waals surface area contributed by atoms with E-state index in [0.717, 1.165) is 18.5 Å². The first kappa shape index (κ1) is 10.3. The van der Waals surface area contributed by atoms with Gasteiger partial charge in [0, 0.05) is 5.38 Å². The number of hydrogen-bond donors (Lipinski definition) is 1. The molecule has 2 aromatic heterocycles. The van der Waals surface area contributed by atoms with Crippen LogP contribution in [0.4, 0.5) is 0 Å². The fourth-order valence-corrected chi connectivity index (χ4v) is 1.78. The maximum absolute atomic E-state index is 5.86.